The molecule has 0 saturated carbocycles. The SMILES string of the molecule is O=c1/c(=C\c2ccc(Sc3ccc(Cl)cc3)cc2)sc2nc3ccccc3n12. The Hall–Kier alpha value is -2.60. The van der Waals surface area contributed by atoms with Crippen molar-refractivity contribution in [3.8, 4) is 0 Å². The number of fused-ring (bicyclic) bond motifs is 3. The van der Waals surface area contributed by atoms with Gasteiger partial charge in [0.25, 0.3) is 5.56 Å². The van der Waals surface area contributed by atoms with Gasteiger partial charge >= 0.3 is 0 Å². The standard InChI is InChI=1S/C22H13ClN2OS2/c23-15-7-11-17(12-8-15)27-16-9-5-14(6-10-16)13-20-21(26)25-19-4-2-1-3-18(19)24-22(25)28-20/h1-13H/b20-13+. The average molecular weight is 421 g/mol. The largest absolute Gasteiger partial charge is 0.274 e. The summed E-state index contributed by atoms with van der Waals surface area (Å²) in [5.41, 5.74) is 2.67. The third kappa shape index (κ3) is 3.22. The topological polar surface area (TPSA) is 34.4 Å². The first-order chi connectivity index (χ1) is 13.7. The fourth-order valence-electron chi connectivity index (χ4n) is 3.03. The van der Waals surface area contributed by atoms with E-state index in [2.05, 4.69) is 17.1 Å². The summed E-state index contributed by atoms with van der Waals surface area (Å²) in [6.07, 6.45) is 1.92. The molecule has 2 heterocycles. The van der Waals surface area contributed by atoms with Crippen LogP contribution in [0, 0.1) is 0 Å². The normalized spacial score (nSPS) is 12.2. The predicted octanol–water partition coefficient (Wildman–Crippen LogP) is 5.26. The first-order valence-electron chi connectivity index (χ1n) is 8.63. The van der Waals surface area contributed by atoms with Crippen LogP contribution in [0.15, 0.2) is 87.4 Å². The molecule has 28 heavy (non-hydrogen) atoms. The van der Waals surface area contributed by atoms with Gasteiger partial charge in [-0.25, -0.2) is 9.38 Å². The summed E-state index contributed by atoms with van der Waals surface area (Å²) in [4.78, 5) is 20.4. The quantitative estimate of drug-likeness (QED) is 0.399. The summed E-state index contributed by atoms with van der Waals surface area (Å²) in [5.74, 6) is 0. The van der Waals surface area contributed by atoms with Gasteiger partial charge in [0, 0.05) is 14.8 Å². The third-order valence-electron chi connectivity index (χ3n) is 4.37. The van der Waals surface area contributed by atoms with Crippen molar-refractivity contribution in [1.29, 1.82) is 0 Å². The summed E-state index contributed by atoms with van der Waals surface area (Å²) >= 11 is 9.03. The Labute approximate surface area is 173 Å². The Morgan fingerprint density at radius 2 is 1.61 bits per heavy atom. The third-order valence-corrected chi connectivity index (χ3v) is 6.61. The van der Waals surface area contributed by atoms with E-state index in [0.717, 1.165) is 36.4 Å². The second-order valence-corrected chi connectivity index (χ2v) is 8.85. The fourth-order valence-corrected chi connectivity index (χ4v) is 4.96. The van der Waals surface area contributed by atoms with Crippen molar-refractivity contribution >= 4 is 56.8 Å². The highest BCUT2D eigenvalue weighted by molar-refractivity contribution is 7.99. The molecule has 0 aliphatic carbocycles. The summed E-state index contributed by atoms with van der Waals surface area (Å²) < 4.78 is 2.38. The molecule has 3 nitrogen and oxygen atoms in total. The lowest BCUT2D eigenvalue weighted by atomic mass is 10.2. The van der Waals surface area contributed by atoms with Crippen LogP contribution >= 0.6 is 34.7 Å². The molecule has 0 fully saturated rings. The van der Waals surface area contributed by atoms with Crippen molar-refractivity contribution in [2.45, 2.75) is 9.79 Å². The van der Waals surface area contributed by atoms with Crippen molar-refractivity contribution in [3.63, 3.8) is 0 Å². The minimum absolute atomic E-state index is 0.0201. The molecular formula is C22H13ClN2OS2. The van der Waals surface area contributed by atoms with Crippen LogP contribution < -0.4 is 10.1 Å². The van der Waals surface area contributed by atoms with E-state index in [-0.39, 0.29) is 5.56 Å². The summed E-state index contributed by atoms with van der Waals surface area (Å²) in [6.45, 7) is 0. The molecule has 0 N–H and O–H groups in total. The van der Waals surface area contributed by atoms with E-state index in [4.69, 9.17) is 11.6 Å². The Balaban J connectivity index is 1.48. The van der Waals surface area contributed by atoms with E-state index >= 15 is 0 Å². The number of aromatic nitrogens is 2. The molecule has 2 aromatic heterocycles. The molecule has 6 heteroatoms. The van der Waals surface area contributed by atoms with Crippen LogP contribution in [0.5, 0.6) is 0 Å². The highest BCUT2D eigenvalue weighted by Crippen LogP contribution is 2.28. The molecule has 0 aliphatic heterocycles. The van der Waals surface area contributed by atoms with Crippen LogP contribution in [0.4, 0.5) is 0 Å². The van der Waals surface area contributed by atoms with Gasteiger partial charge < -0.3 is 0 Å². The van der Waals surface area contributed by atoms with Crippen LogP contribution in [-0.2, 0) is 0 Å². The van der Waals surface area contributed by atoms with Crippen molar-refractivity contribution in [2.24, 2.45) is 0 Å². The molecule has 0 radical (unpaired) electrons. The highest BCUT2D eigenvalue weighted by Gasteiger charge is 2.10. The minimum Gasteiger partial charge on any atom is -0.267 e. The van der Waals surface area contributed by atoms with E-state index in [9.17, 15) is 4.79 Å². The van der Waals surface area contributed by atoms with Crippen molar-refractivity contribution in [1.82, 2.24) is 9.38 Å². The molecule has 0 atom stereocenters. The van der Waals surface area contributed by atoms with Crippen LogP contribution in [0.3, 0.4) is 0 Å². The van der Waals surface area contributed by atoms with Crippen molar-refractivity contribution in [3.05, 3.63) is 98.3 Å². The van der Waals surface area contributed by atoms with Gasteiger partial charge in [-0.1, -0.05) is 59.0 Å². The number of para-hydroxylation sites is 2. The van der Waals surface area contributed by atoms with Gasteiger partial charge in [-0.3, -0.25) is 4.79 Å². The number of rotatable bonds is 3. The molecule has 136 valence electrons. The maximum Gasteiger partial charge on any atom is 0.274 e. The van der Waals surface area contributed by atoms with E-state index < -0.39 is 0 Å². The number of hydrogen-bond donors (Lipinski definition) is 0. The molecule has 0 amide bonds. The molecule has 3 aromatic carbocycles. The number of halogens is 1. The Morgan fingerprint density at radius 3 is 2.36 bits per heavy atom. The highest BCUT2D eigenvalue weighted by atomic mass is 35.5. The van der Waals surface area contributed by atoms with Crippen LogP contribution in [0.2, 0.25) is 5.02 Å². The molecule has 0 saturated heterocycles. The van der Waals surface area contributed by atoms with Gasteiger partial charge in [0.05, 0.1) is 15.6 Å². The predicted molar refractivity (Wildman–Crippen MR) is 118 cm³/mol. The maximum absolute atomic E-state index is 12.8. The van der Waals surface area contributed by atoms with Gasteiger partial charge in [-0.2, -0.15) is 0 Å². The van der Waals surface area contributed by atoms with Gasteiger partial charge in [0.1, 0.15) is 0 Å². The van der Waals surface area contributed by atoms with Crippen LogP contribution in [-0.4, -0.2) is 9.38 Å². The monoisotopic (exact) mass is 420 g/mol. The van der Waals surface area contributed by atoms with E-state index in [1.54, 1.807) is 16.2 Å². The lowest BCUT2D eigenvalue weighted by Crippen LogP contribution is -2.22. The summed E-state index contributed by atoms with van der Waals surface area (Å²) in [7, 11) is 0. The van der Waals surface area contributed by atoms with E-state index in [1.165, 1.54) is 11.3 Å². The summed E-state index contributed by atoms with van der Waals surface area (Å²) in [5, 5.41) is 0.734. The average Bonchev–Trinajstić information content (AvgIpc) is 3.22. The number of imidazole rings is 1. The maximum atomic E-state index is 12.8. The Bertz CT molecular complexity index is 1400. The lowest BCUT2D eigenvalue weighted by Gasteiger charge is -2.02. The smallest absolute Gasteiger partial charge is 0.267 e. The molecule has 5 aromatic rings. The fraction of sp³-hybridized carbons (Fsp3) is 0. The lowest BCUT2D eigenvalue weighted by molar-refractivity contribution is 1.19. The van der Waals surface area contributed by atoms with Crippen molar-refractivity contribution in [2.75, 3.05) is 0 Å². The van der Waals surface area contributed by atoms with Gasteiger partial charge in [-0.05, 0) is 60.2 Å². The zero-order valence-corrected chi connectivity index (χ0v) is 16.9. The minimum atomic E-state index is -0.0201. The zero-order valence-electron chi connectivity index (χ0n) is 14.5. The number of benzene rings is 3. The first-order valence-corrected chi connectivity index (χ1v) is 10.6. The Morgan fingerprint density at radius 1 is 0.929 bits per heavy atom. The molecular weight excluding hydrogens is 408 g/mol. The number of hydrogen-bond acceptors (Lipinski definition) is 4. The molecule has 0 bridgehead atoms. The first kappa shape index (κ1) is 17.5. The molecule has 0 aliphatic rings. The Kier molecular flexibility index (Phi) is 4.43. The summed E-state index contributed by atoms with van der Waals surface area (Å²) in [6, 6.07) is 23.7. The van der Waals surface area contributed by atoms with Gasteiger partial charge in [0.15, 0.2) is 4.96 Å². The number of thiazole rings is 1. The second-order valence-electron chi connectivity index (χ2n) is 6.26. The second kappa shape index (κ2) is 7.09. The van der Waals surface area contributed by atoms with Crippen LogP contribution in [0.1, 0.15) is 5.56 Å². The molecule has 5 rings (SSSR count). The molecule has 0 unspecified atom stereocenters. The van der Waals surface area contributed by atoms with E-state index in [0.29, 0.717) is 4.53 Å². The van der Waals surface area contributed by atoms with Gasteiger partial charge in [-0.15, -0.1) is 0 Å². The van der Waals surface area contributed by atoms with E-state index in [1.807, 2.05) is 66.7 Å². The van der Waals surface area contributed by atoms with Gasteiger partial charge in [0.2, 0.25) is 0 Å². The molecule has 0 spiro atoms. The van der Waals surface area contributed by atoms with Crippen molar-refractivity contribution < 1.29 is 0 Å². The number of nitrogens with zero attached hydrogens (tertiary/aromatic N) is 2. The van der Waals surface area contributed by atoms with Crippen LogP contribution in [0.25, 0.3) is 22.1 Å². The zero-order chi connectivity index (χ0) is 19.1.